The second-order valence-electron chi connectivity index (χ2n) is 8.57. The SMILES string of the molecule is Cc1cc(Nc2nc3c(cc2C#N)C(=O)CCC3)cc(N2CCN(C(C)C)CC2)c1. The predicted molar refractivity (Wildman–Crippen MR) is 120 cm³/mol. The summed E-state index contributed by atoms with van der Waals surface area (Å²) in [6, 6.07) is 10.9. The molecule has 156 valence electrons. The van der Waals surface area contributed by atoms with Gasteiger partial charge in [-0.05, 0) is 63.4 Å². The van der Waals surface area contributed by atoms with Crippen LogP contribution in [0.25, 0.3) is 0 Å². The number of ketones is 1. The molecule has 0 spiro atoms. The van der Waals surface area contributed by atoms with Crippen molar-refractivity contribution in [2.45, 2.75) is 46.1 Å². The molecule has 1 aromatic heterocycles. The average molecular weight is 404 g/mol. The van der Waals surface area contributed by atoms with Crippen molar-refractivity contribution >= 4 is 23.0 Å². The molecule has 0 unspecified atom stereocenters. The van der Waals surface area contributed by atoms with Crippen molar-refractivity contribution in [2.75, 3.05) is 36.4 Å². The van der Waals surface area contributed by atoms with Gasteiger partial charge in [-0.3, -0.25) is 9.69 Å². The third kappa shape index (κ3) is 4.17. The smallest absolute Gasteiger partial charge is 0.164 e. The Balaban J connectivity index is 1.59. The fourth-order valence-corrected chi connectivity index (χ4v) is 4.37. The lowest BCUT2D eigenvalue weighted by atomic mass is 9.93. The number of Topliss-reactive ketones (excluding diaryl/α,β-unsaturated/α-hetero) is 1. The third-order valence-electron chi connectivity index (χ3n) is 6.07. The number of aryl methyl sites for hydroxylation is 2. The number of carbonyl (C=O) groups excluding carboxylic acids is 1. The van der Waals surface area contributed by atoms with Gasteiger partial charge in [0.15, 0.2) is 5.78 Å². The molecule has 0 amide bonds. The molecule has 0 bridgehead atoms. The largest absolute Gasteiger partial charge is 0.369 e. The zero-order chi connectivity index (χ0) is 21.3. The van der Waals surface area contributed by atoms with Gasteiger partial charge in [-0.2, -0.15) is 5.26 Å². The number of pyridine rings is 1. The van der Waals surface area contributed by atoms with Crippen molar-refractivity contribution in [1.82, 2.24) is 9.88 Å². The molecular formula is C24H29N5O. The topological polar surface area (TPSA) is 72.3 Å². The molecule has 2 heterocycles. The van der Waals surface area contributed by atoms with Crippen LogP contribution >= 0.6 is 0 Å². The molecule has 1 aliphatic heterocycles. The van der Waals surface area contributed by atoms with Gasteiger partial charge in [0.25, 0.3) is 0 Å². The Morgan fingerprint density at radius 3 is 2.57 bits per heavy atom. The van der Waals surface area contributed by atoms with Gasteiger partial charge >= 0.3 is 0 Å². The summed E-state index contributed by atoms with van der Waals surface area (Å²) in [6.07, 6.45) is 2.14. The summed E-state index contributed by atoms with van der Waals surface area (Å²) in [5, 5.41) is 13.0. The van der Waals surface area contributed by atoms with Crippen molar-refractivity contribution in [3.05, 3.63) is 46.6 Å². The Hall–Kier alpha value is -2.91. The monoisotopic (exact) mass is 403 g/mol. The molecule has 0 saturated carbocycles. The minimum Gasteiger partial charge on any atom is -0.369 e. The highest BCUT2D eigenvalue weighted by molar-refractivity contribution is 5.98. The summed E-state index contributed by atoms with van der Waals surface area (Å²) < 4.78 is 0. The zero-order valence-electron chi connectivity index (χ0n) is 18.0. The van der Waals surface area contributed by atoms with E-state index in [1.807, 2.05) is 0 Å². The number of piperazine rings is 1. The standard InChI is InChI=1S/C24H29N5O/c1-16(2)28-7-9-29(10-8-28)20-12-17(3)11-19(14-20)26-24-18(15-25)13-21-22(27-24)5-4-6-23(21)30/h11-14,16H,4-10H2,1-3H3,(H,26,27). The van der Waals surface area contributed by atoms with Gasteiger partial charge in [-0.15, -0.1) is 0 Å². The Morgan fingerprint density at radius 1 is 1.10 bits per heavy atom. The van der Waals surface area contributed by atoms with Gasteiger partial charge in [0, 0.05) is 55.6 Å². The van der Waals surface area contributed by atoms with E-state index in [9.17, 15) is 10.1 Å². The summed E-state index contributed by atoms with van der Waals surface area (Å²) in [4.78, 5) is 21.8. The molecule has 4 rings (SSSR count). The molecular weight excluding hydrogens is 374 g/mol. The number of rotatable bonds is 4. The quantitative estimate of drug-likeness (QED) is 0.830. The van der Waals surface area contributed by atoms with Gasteiger partial charge in [0.05, 0.1) is 11.3 Å². The second kappa shape index (κ2) is 8.45. The first kappa shape index (κ1) is 20.4. The van der Waals surface area contributed by atoms with Crippen LogP contribution < -0.4 is 10.2 Å². The molecule has 1 N–H and O–H groups in total. The zero-order valence-corrected chi connectivity index (χ0v) is 18.0. The third-order valence-corrected chi connectivity index (χ3v) is 6.07. The summed E-state index contributed by atoms with van der Waals surface area (Å²) >= 11 is 0. The van der Waals surface area contributed by atoms with Crippen molar-refractivity contribution in [1.29, 1.82) is 5.26 Å². The molecule has 1 fully saturated rings. The predicted octanol–water partition coefficient (Wildman–Crippen LogP) is 4.05. The van der Waals surface area contributed by atoms with E-state index in [4.69, 9.17) is 0 Å². The highest BCUT2D eigenvalue weighted by Gasteiger charge is 2.22. The lowest BCUT2D eigenvalue weighted by Crippen LogP contribution is -2.48. The van der Waals surface area contributed by atoms with Gasteiger partial charge in [0.1, 0.15) is 11.9 Å². The molecule has 1 saturated heterocycles. The Morgan fingerprint density at radius 2 is 1.87 bits per heavy atom. The van der Waals surface area contributed by atoms with E-state index in [1.54, 1.807) is 6.07 Å². The van der Waals surface area contributed by atoms with E-state index in [-0.39, 0.29) is 5.78 Å². The molecule has 6 nitrogen and oxygen atoms in total. The number of aromatic nitrogens is 1. The van der Waals surface area contributed by atoms with E-state index < -0.39 is 0 Å². The number of carbonyl (C=O) groups is 1. The summed E-state index contributed by atoms with van der Waals surface area (Å²) in [6.45, 7) is 10.7. The van der Waals surface area contributed by atoms with Crippen LogP contribution in [0.3, 0.4) is 0 Å². The first-order valence-electron chi connectivity index (χ1n) is 10.8. The molecule has 1 aliphatic carbocycles. The molecule has 1 aromatic carbocycles. The maximum Gasteiger partial charge on any atom is 0.164 e. The van der Waals surface area contributed by atoms with E-state index in [0.29, 0.717) is 29.4 Å². The first-order chi connectivity index (χ1) is 14.4. The lowest BCUT2D eigenvalue weighted by Gasteiger charge is -2.38. The molecule has 2 aromatic rings. The van der Waals surface area contributed by atoms with Crippen LogP contribution in [0.5, 0.6) is 0 Å². The highest BCUT2D eigenvalue weighted by Crippen LogP contribution is 2.29. The van der Waals surface area contributed by atoms with Crippen LogP contribution in [-0.4, -0.2) is 47.9 Å². The molecule has 2 aliphatic rings. The van der Waals surface area contributed by atoms with Crippen LogP contribution in [-0.2, 0) is 6.42 Å². The summed E-state index contributed by atoms with van der Waals surface area (Å²) in [5.74, 6) is 0.623. The second-order valence-corrected chi connectivity index (χ2v) is 8.57. The van der Waals surface area contributed by atoms with Crippen LogP contribution in [0, 0.1) is 18.3 Å². The number of hydrogen-bond donors (Lipinski definition) is 1. The number of anilines is 3. The normalized spacial score (nSPS) is 17.0. The number of nitriles is 1. The van der Waals surface area contributed by atoms with Crippen molar-refractivity contribution < 1.29 is 4.79 Å². The van der Waals surface area contributed by atoms with Gasteiger partial charge in [-0.1, -0.05) is 0 Å². The molecule has 0 radical (unpaired) electrons. The minimum atomic E-state index is 0.0881. The van der Waals surface area contributed by atoms with Crippen molar-refractivity contribution in [3.8, 4) is 6.07 Å². The average Bonchev–Trinajstić information content (AvgIpc) is 2.73. The number of nitrogens with one attached hydrogen (secondary N) is 1. The van der Waals surface area contributed by atoms with Crippen molar-refractivity contribution in [2.24, 2.45) is 0 Å². The molecule has 30 heavy (non-hydrogen) atoms. The highest BCUT2D eigenvalue weighted by atomic mass is 16.1. The fourth-order valence-electron chi connectivity index (χ4n) is 4.37. The Labute approximate surface area is 178 Å². The van der Waals surface area contributed by atoms with E-state index in [1.165, 1.54) is 5.69 Å². The molecule has 0 atom stereocenters. The summed E-state index contributed by atoms with van der Waals surface area (Å²) in [7, 11) is 0. The lowest BCUT2D eigenvalue weighted by molar-refractivity contribution is 0.0971. The number of nitrogens with zero attached hydrogens (tertiary/aromatic N) is 4. The van der Waals surface area contributed by atoms with Crippen molar-refractivity contribution in [3.63, 3.8) is 0 Å². The van der Waals surface area contributed by atoms with E-state index in [0.717, 1.165) is 56.0 Å². The number of hydrogen-bond acceptors (Lipinski definition) is 6. The van der Waals surface area contributed by atoms with Gasteiger partial charge in [-0.25, -0.2) is 4.98 Å². The van der Waals surface area contributed by atoms with Crippen LogP contribution in [0.2, 0.25) is 0 Å². The van der Waals surface area contributed by atoms with Gasteiger partial charge < -0.3 is 10.2 Å². The van der Waals surface area contributed by atoms with Gasteiger partial charge in [0.2, 0.25) is 0 Å². The molecule has 6 heteroatoms. The van der Waals surface area contributed by atoms with E-state index >= 15 is 0 Å². The number of benzene rings is 1. The fraction of sp³-hybridized carbons (Fsp3) is 0.458. The summed E-state index contributed by atoms with van der Waals surface area (Å²) in [5.41, 5.74) is 5.09. The first-order valence-corrected chi connectivity index (χ1v) is 10.8. The minimum absolute atomic E-state index is 0.0881. The Bertz CT molecular complexity index is 999. The maximum absolute atomic E-state index is 12.2. The van der Waals surface area contributed by atoms with E-state index in [2.05, 4.69) is 65.1 Å². The van der Waals surface area contributed by atoms with Crippen LogP contribution in [0.15, 0.2) is 24.3 Å². The van der Waals surface area contributed by atoms with Crippen LogP contribution in [0.1, 0.15) is 53.9 Å². The maximum atomic E-state index is 12.2. The Kier molecular flexibility index (Phi) is 5.74. The van der Waals surface area contributed by atoms with Crippen LogP contribution in [0.4, 0.5) is 17.2 Å². The number of fused-ring (bicyclic) bond motifs is 1.